The van der Waals surface area contributed by atoms with E-state index in [1.165, 1.54) is 0 Å². The van der Waals surface area contributed by atoms with Gasteiger partial charge in [0.1, 0.15) is 0 Å². The van der Waals surface area contributed by atoms with Crippen molar-refractivity contribution in [3.63, 3.8) is 0 Å². The fourth-order valence-electron chi connectivity index (χ4n) is 0.878. The number of aromatic nitrogens is 2. The van der Waals surface area contributed by atoms with E-state index >= 15 is 0 Å². The highest BCUT2D eigenvalue weighted by molar-refractivity contribution is 7.86. The molecule has 0 aliphatic heterocycles. The number of hydrogen-bond acceptors (Lipinski definition) is 4. The minimum absolute atomic E-state index is 0.495. The van der Waals surface area contributed by atoms with Crippen LogP contribution in [0.25, 0.3) is 0 Å². The molecule has 1 aromatic rings. The van der Waals surface area contributed by atoms with Crippen LogP contribution < -0.4 is 4.68 Å². The molecule has 0 N–H and O–H groups in total. The van der Waals surface area contributed by atoms with Crippen molar-refractivity contribution in [1.29, 1.82) is 5.26 Å². The van der Waals surface area contributed by atoms with Gasteiger partial charge < -0.3 is 4.55 Å². The molecule has 6 nitrogen and oxygen atoms in total. The minimum Gasteiger partial charge on any atom is -0.741 e. The van der Waals surface area contributed by atoms with Crippen LogP contribution in [0.4, 0.5) is 13.2 Å². The van der Waals surface area contributed by atoms with E-state index < -0.39 is 15.6 Å². The Morgan fingerprint density at radius 3 is 2.22 bits per heavy atom. The smallest absolute Gasteiger partial charge is 0.485 e. The van der Waals surface area contributed by atoms with Crippen molar-refractivity contribution in [2.45, 2.75) is 11.9 Å². The van der Waals surface area contributed by atoms with Gasteiger partial charge in [-0.25, -0.2) is 8.42 Å². The molecule has 0 aromatic carbocycles. The van der Waals surface area contributed by atoms with Crippen LogP contribution in [0.5, 0.6) is 0 Å². The van der Waals surface area contributed by atoms with Crippen LogP contribution >= 0.6 is 0 Å². The van der Waals surface area contributed by atoms with Crippen molar-refractivity contribution in [2.75, 3.05) is 0 Å². The minimum atomic E-state index is -6.09. The summed E-state index contributed by atoms with van der Waals surface area (Å²) in [5.41, 5.74) is -4.58. The van der Waals surface area contributed by atoms with E-state index in [0.717, 1.165) is 5.56 Å². The molecule has 1 heterocycles. The molecule has 0 atom stereocenters. The van der Waals surface area contributed by atoms with Gasteiger partial charge in [0, 0.05) is 0 Å². The number of rotatable bonds is 1. The molecule has 0 radical (unpaired) electrons. The van der Waals surface area contributed by atoms with Gasteiger partial charge >= 0.3 is 5.51 Å². The molecule has 10 heteroatoms. The number of hydrogen-bond donors (Lipinski definition) is 0. The molecule has 0 aliphatic rings. The molecular weight excluding hydrogens is 275 g/mol. The Balaban J connectivity index is 0.000000331. The van der Waals surface area contributed by atoms with Crippen molar-refractivity contribution < 1.29 is 30.8 Å². The molecule has 0 amide bonds. The summed E-state index contributed by atoms with van der Waals surface area (Å²) in [5.74, 6) is 0. The molecule has 0 saturated heterocycles. The second-order valence-electron chi connectivity index (χ2n) is 3.22. The zero-order chi connectivity index (χ0) is 14.6. The largest absolute Gasteiger partial charge is 0.741 e. The van der Waals surface area contributed by atoms with Crippen LogP contribution in [0.2, 0.25) is 0 Å². The second-order valence-corrected chi connectivity index (χ2v) is 4.59. The standard InChI is InChI=1S/C7H10N3.CHF3O3S/c1-9-5-7(3-4-8)6-10(9)2;2-1(3,4)8(5,6)7/h5-6H,3H2,1-2H3;(H,5,6,7)/q+1;/p-1. The molecule has 1 aromatic heterocycles. The van der Waals surface area contributed by atoms with E-state index in [2.05, 4.69) is 6.07 Å². The summed E-state index contributed by atoms with van der Waals surface area (Å²) in [6, 6.07) is 2.10. The molecule has 0 spiro atoms. The van der Waals surface area contributed by atoms with Gasteiger partial charge in [-0.3, -0.25) is 0 Å². The van der Waals surface area contributed by atoms with Crippen LogP contribution in [0.1, 0.15) is 5.56 Å². The highest BCUT2D eigenvalue weighted by Gasteiger charge is 2.36. The Morgan fingerprint density at radius 2 is 2.00 bits per heavy atom. The van der Waals surface area contributed by atoms with Gasteiger partial charge in [0.25, 0.3) is 0 Å². The Kier molecular flexibility index (Phi) is 5.31. The number of nitriles is 1. The summed E-state index contributed by atoms with van der Waals surface area (Å²) >= 11 is 0. The van der Waals surface area contributed by atoms with Crippen LogP contribution in [-0.2, 0) is 30.6 Å². The lowest BCUT2D eigenvalue weighted by Gasteiger charge is -2.08. The van der Waals surface area contributed by atoms with Gasteiger partial charge in [-0.15, -0.1) is 4.68 Å². The first-order valence-electron chi connectivity index (χ1n) is 4.39. The highest BCUT2D eigenvalue weighted by atomic mass is 32.2. The lowest BCUT2D eigenvalue weighted by Crippen LogP contribution is -2.35. The third-order valence-electron chi connectivity index (χ3n) is 1.77. The van der Waals surface area contributed by atoms with Gasteiger partial charge in [-0.05, 0) is 0 Å². The molecule has 18 heavy (non-hydrogen) atoms. The average Bonchev–Trinajstić information content (AvgIpc) is 2.44. The fourth-order valence-corrected chi connectivity index (χ4v) is 0.878. The summed E-state index contributed by atoms with van der Waals surface area (Å²) in [4.78, 5) is 0. The third-order valence-corrected chi connectivity index (χ3v) is 2.34. The van der Waals surface area contributed by atoms with Crippen LogP contribution in [0.3, 0.4) is 0 Å². The van der Waals surface area contributed by atoms with Crippen molar-refractivity contribution in [1.82, 2.24) is 4.68 Å². The van der Waals surface area contributed by atoms with Crippen molar-refractivity contribution in [2.24, 2.45) is 14.1 Å². The zero-order valence-electron chi connectivity index (χ0n) is 9.47. The van der Waals surface area contributed by atoms with Crippen LogP contribution in [0.15, 0.2) is 12.4 Å². The molecule has 0 aliphatic carbocycles. The fraction of sp³-hybridized carbons (Fsp3) is 0.500. The molecule has 0 saturated carbocycles. The Labute approximate surface area is 102 Å². The summed E-state index contributed by atoms with van der Waals surface area (Å²) in [5, 5.41) is 8.35. The number of aryl methyl sites for hydroxylation is 2. The first-order valence-corrected chi connectivity index (χ1v) is 5.80. The molecule has 1 rings (SSSR count). The average molecular weight is 285 g/mol. The predicted molar refractivity (Wildman–Crippen MR) is 51.7 cm³/mol. The number of nitrogens with zero attached hydrogens (tertiary/aromatic N) is 3. The summed E-state index contributed by atoms with van der Waals surface area (Å²) in [6.07, 6.45) is 4.39. The molecular formula is C8H10F3N3O3S. The lowest BCUT2D eigenvalue weighted by molar-refractivity contribution is -0.751. The molecule has 0 unspecified atom stereocenters. The Bertz CT molecular complexity index is 523. The number of alkyl halides is 3. The topological polar surface area (TPSA) is 89.8 Å². The van der Waals surface area contributed by atoms with Gasteiger partial charge in [0.2, 0.25) is 0 Å². The van der Waals surface area contributed by atoms with E-state index in [1.807, 2.05) is 35.9 Å². The van der Waals surface area contributed by atoms with E-state index in [9.17, 15) is 13.2 Å². The normalized spacial score (nSPS) is 11.4. The predicted octanol–water partition coefficient (Wildman–Crippen LogP) is -0.0329. The van der Waals surface area contributed by atoms with Crippen molar-refractivity contribution in [3.8, 4) is 6.07 Å². The van der Waals surface area contributed by atoms with Gasteiger partial charge in [0.05, 0.1) is 31.3 Å². The lowest BCUT2D eigenvalue weighted by atomic mass is 10.3. The Morgan fingerprint density at radius 1 is 1.56 bits per heavy atom. The van der Waals surface area contributed by atoms with Crippen molar-refractivity contribution in [3.05, 3.63) is 18.0 Å². The van der Waals surface area contributed by atoms with Gasteiger partial charge in [-0.1, -0.05) is 0 Å². The van der Waals surface area contributed by atoms with Gasteiger partial charge in [0.15, 0.2) is 23.4 Å². The first kappa shape index (κ1) is 16.4. The zero-order valence-corrected chi connectivity index (χ0v) is 10.3. The maximum Gasteiger partial charge on any atom is 0.485 e. The van der Waals surface area contributed by atoms with Gasteiger partial charge in [-0.2, -0.15) is 23.1 Å². The van der Waals surface area contributed by atoms with Crippen LogP contribution in [-0.4, -0.2) is 23.2 Å². The van der Waals surface area contributed by atoms with Crippen LogP contribution in [0, 0.1) is 11.3 Å². The quantitative estimate of drug-likeness (QED) is 0.411. The Hall–Kier alpha value is -1.60. The van der Waals surface area contributed by atoms with E-state index in [4.69, 9.17) is 18.2 Å². The monoisotopic (exact) mass is 285 g/mol. The molecule has 102 valence electrons. The third kappa shape index (κ3) is 5.15. The van der Waals surface area contributed by atoms with Crippen molar-refractivity contribution >= 4 is 10.1 Å². The maximum atomic E-state index is 10.7. The summed E-state index contributed by atoms with van der Waals surface area (Å²) in [6.45, 7) is 0. The highest BCUT2D eigenvalue weighted by Crippen LogP contribution is 2.20. The molecule has 0 fully saturated rings. The van der Waals surface area contributed by atoms with E-state index in [0.29, 0.717) is 6.42 Å². The van der Waals surface area contributed by atoms with E-state index in [-0.39, 0.29) is 0 Å². The van der Waals surface area contributed by atoms with E-state index in [1.54, 1.807) is 0 Å². The SMILES string of the molecule is Cn1cc(CC#N)c[n+]1C.O=S(=O)([O-])C(F)(F)F. The first-order chi connectivity index (χ1) is 7.99. The number of halogens is 3. The molecule has 0 bridgehead atoms. The maximum absolute atomic E-state index is 10.7. The summed E-state index contributed by atoms with van der Waals surface area (Å²) < 4.78 is 62.8. The summed E-state index contributed by atoms with van der Waals surface area (Å²) in [7, 11) is -2.20. The second kappa shape index (κ2) is 5.83.